The van der Waals surface area contributed by atoms with Crippen LogP contribution in [0.4, 0.5) is 5.69 Å². The van der Waals surface area contributed by atoms with Gasteiger partial charge in [0.05, 0.1) is 21.2 Å². The Morgan fingerprint density at radius 3 is 2.33 bits per heavy atom. The molecule has 1 heterocycles. The van der Waals surface area contributed by atoms with Gasteiger partial charge in [-0.1, -0.05) is 48.0 Å². The number of ketones is 1. The maximum absolute atomic E-state index is 12.6. The second-order valence-corrected chi connectivity index (χ2v) is 6.81. The van der Waals surface area contributed by atoms with Crippen molar-refractivity contribution in [1.29, 1.82) is 0 Å². The fourth-order valence-electron chi connectivity index (χ4n) is 2.36. The first-order valence-electron chi connectivity index (χ1n) is 7.95. The van der Waals surface area contributed by atoms with E-state index in [1.165, 1.54) is 17.4 Å². The molecule has 1 aromatic heterocycles. The summed E-state index contributed by atoms with van der Waals surface area (Å²) in [7, 11) is 0. The van der Waals surface area contributed by atoms with Crippen LogP contribution in [-0.4, -0.2) is 24.3 Å². The molecule has 0 unspecified atom stereocenters. The molecular formula is C20H14ClNO4S. The van der Waals surface area contributed by atoms with Crippen LogP contribution in [0.2, 0.25) is 5.02 Å². The number of anilines is 1. The van der Waals surface area contributed by atoms with E-state index >= 15 is 0 Å². The van der Waals surface area contributed by atoms with Crippen LogP contribution in [0.25, 0.3) is 0 Å². The molecule has 0 atom stereocenters. The highest BCUT2D eigenvalue weighted by molar-refractivity contribution is 7.12. The zero-order valence-electron chi connectivity index (χ0n) is 14.0. The molecule has 7 heteroatoms. The monoisotopic (exact) mass is 399 g/mol. The number of nitrogens with one attached hydrogen (secondary N) is 1. The molecule has 0 aliphatic carbocycles. The zero-order valence-corrected chi connectivity index (χ0v) is 15.5. The zero-order chi connectivity index (χ0) is 19.2. The number of para-hydroxylation sites is 1. The van der Waals surface area contributed by atoms with Gasteiger partial charge in [0, 0.05) is 5.56 Å². The van der Waals surface area contributed by atoms with Gasteiger partial charge in [0.15, 0.2) is 6.61 Å². The van der Waals surface area contributed by atoms with E-state index in [9.17, 15) is 14.4 Å². The maximum Gasteiger partial charge on any atom is 0.339 e. The first kappa shape index (κ1) is 18.8. The van der Waals surface area contributed by atoms with Crippen LogP contribution in [0.3, 0.4) is 0 Å². The molecular weight excluding hydrogens is 386 g/mol. The number of rotatable bonds is 6. The van der Waals surface area contributed by atoms with Crippen molar-refractivity contribution in [3.8, 4) is 0 Å². The van der Waals surface area contributed by atoms with Crippen LogP contribution in [0.5, 0.6) is 0 Å². The van der Waals surface area contributed by atoms with E-state index in [2.05, 4.69) is 5.32 Å². The summed E-state index contributed by atoms with van der Waals surface area (Å²) in [6.07, 6.45) is 0. The molecule has 0 aliphatic rings. The number of thiophene rings is 1. The highest BCUT2D eigenvalue weighted by atomic mass is 35.5. The van der Waals surface area contributed by atoms with Crippen molar-refractivity contribution in [1.82, 2.24) is 0 Å². The van der Waals surface area contributed by atoms with Crippen molar-refractivity contribution in [2.24, 2.45) is 0 Å². The summed E-state index contributed by atoms with van der Waals surface area (Å²) in [6.45, 7) is -0.494. The number of hydrogen-bond donors (Lipinski definition) is 1. The Morgan fingerprint density at radius 2 is 1.63 bits per heavy atom. The Balaban J connectivity index is 1.67. The SMILES string of the molecule is O=C(COC(=O)c1ccccc1C(=O)c1cccs1)Nc1ccccc1Cl. The van der Waals surface area contributed by atoms with Crippen LogP contribution in [0.15, 0.2) is 66.0 Å². The van der Waals surface area contributed by atoms with E-state index in [1.54, 1.807) is 60.0 Å². The van der Waals surface area contributed by atoms with Crippen LogP contribution in [0, 0.1) is 0 Å². The third-order valence-corrected chi connectivity index (χ3v) is 4.82. The minimum absolute atomic E-state index is 0.112. The lowest BCUT2D eigenvalue weighted by Gasteiger charge is -2.09. The van der Waals surface area contributed by atoms with Crippen molar-refractivity contribution in [2.75, 3.05) is 11.9 Å². The minimum atomic E-state index is -0.746. The number of hydrogen-bond acceptors (Lipinski definition) is 5. The van der Waals surface area contributed by atoms with Crippen molar-refractivity contribution in [3.05, 3.63) is 87.1 Å². The molecule has 5 nitrogen and oxygen atoms in total. The van der Waals surface area contributed by atoms with Gasteiger partial charge >= 0.3 is 5.97 Å². The molecule has 1 N–H and O–H groups in total. The standard InChI is InChI=1S/C20H14ClNO4S/c21-15-8-3-4-9-16(15)22-18(23)12-26-20(25)14-7-2-1-6-13(14)19(24)17-10-5-11-27-17/h1-11H,12H2,(H,22,23). The minimum Gasteiger partial charge on any atom is -0.452 e. The fraction of sp³-hybridized carbons (Fsp3) is 0.0500. The largest absolute Gasteiger partial charge is 0.452 e. The number of benzene rings is 2. The van der Waals surface area contributed by atoms with Gasteiger partial charge in [0.2, 0.25) is 5.78 Å². The van der Waals surface area contributed by atoms with Gasteiger partial charge in [-0.25, -0.2) is 4.79 Å². The van der Waals surface area contributed by atoms with Crippen LogP contribution >= 0.6 is 22.9 Å². The Bertz CT molecular complexity index is 985. The molecule has 0 spiro atoms. The first-order chi connectivity index (χ1) is 13.1. The highest BCUT2D eigenvalue weighted by Crippen LogP contribution is 2.21. The van der Waals surface area contributed by atoms with E-state index in [4.69, 9.17) is 16.3 Å². The molecule has 0 fully saturated rings. The number of esters is 1. The van der Waals surface area contributed by atoms with Gasteiger partial charge in [-0.2, -0.15) is 0 Å². The number of ether oxygens (including phenoxy) is 1. The van der Waals surface area contributed by atoms with E-state index in [0.717, 1.165) is 0 Å². The molecule has 0 saturated carbocycles. The molecule has 1 amide bonds. The normalized spacial score (nSPS) is 10.3. The average molecular weight is 400 g/mol. The van der Waals surface area contributed by atoms with Crippen LogP contribution in [0.1, 0.15) is 25.6 Å². The Hall–Kier alpha value is -2.96. The van der Waals surface area contributed by atoms with Crippen molar-refractivity contribution >= 4 is 46.3 Å². The van der Waals surface area contributed by atoms with Crippen molar-refractivity contribution < 1.29 is 19.1 Å². The first-order valence-corrected chi connectivity index (χ1v) is 9.21. The topological polar surface area (TPSA) is 72.5 Å². The summed E-state index contributed by atoms with van der Waals surface area (Å²) in [6, 6.07) is 16.5. The molecule has 3 aromatic rings. The highest BCUT2D eigenvalue weighted by Gasteiger charge is 2.20. The van der Waals surface area contributed by atoms with E-state index < -0.39 is 18.5 Å². The molecule has 2 aromatic carbocycles. The fourth-order valence-corrected chi connectivity index (χ4v) is 3.22. The molecule has 136 valence electrons. The van der Waals surface area contributed by atoms with Crippen molar-refractivity contribution in [2.45, 2.75) is 0 Å². The second kappa shape index (κ2) is 8.62. The molecule has 0 bridgehead atoms. The van der Waals surface area contributed by atoms with E-state index in [1.807, 2.05) is 0 Å². The molecule has 27 heavy (non-hydrogen) atoms. The lowest BCUT2D eigenvalue weighted by Crippen LogP contribution is -2.22. The van der Waals surface area contributed by atoms with Gasteiger partial charge in [-0.15, -0.1) is 11.3 Å². The molecule has 0 aliphatic heterocycles. The van der Waals surface area contributed by atoms with Crippen molar-refractivity contribution in [3.63, 3.8) is 0 Å². The van der Waals surface area contributed by atoms with E-state index in [-0.39, 0.29) is 16.9 Å². The Labute approximate surface area is 164 Å². The summed E-state index contributed by atoms with van der Waals surface area (Å²) in [5.74, 6) is -1.54. The second-order valence-electron chi connectivity index (χ2n) is 5.46. The molecule has 0 radical (unpaired) electrons. The third-order valence-electron chi connectivity index (χ3n) is 3.62. The lowest BCUT2D eigenvalue weighted by atomic mass is 10.0. The van der Waals surface area contributed by atoms with Gasteiger partial charge < -0.3 is 10.1 Å². The summed E-state index contributed by atoms with van der Waals surface area (Å²) in [4.78, 5) is 37.5. The predicted molar refractivity (Wildman–Crippen MR) is 105 cm³/mol. The molecule has 0 saturated heterocycles. The number of carbonyl (C=O) groups is 3. The Morgan fingerprint density at radius 1 is 0.926 bits per heavy atom. The smallest absolute Gasteiger partial charge is 0.339 e. The summed E-state index contributed by atoms with van der Waals surface area (Å²) in [5.41, 5.74) is 0.770. The van der Waals surface area contributed by atoms with E-state index in [0.29, 0.717) is 15.6 Å². The Kier molecular flexibility index (Phi) is 6.01. The lowest BCUT2D eigenvalue weighted by molar-refractivity contribution is -0.119. The maximum atomic E-state index is 12.6. The van der Waals surface area contributed by atoms with Gasteiger partial charge in [-0.05, 0) is 29.6 Å². The predicted octanol–water partition coefficient (Wildman–Crippen LogP) is 4.43. The third kappa shape index (κ3) is 4.61. The quantitative estimate of drug-likeness (QED) is 0.491. The number of amides is 1. The summed E-state index contributed by atoms with van der Waals surface area (Å²) in [5, 5.41) is 4.73. The summed E-state index contributed by atoms with van der Waals surface area (Å²) >= 11 is 7.26. The average Bonchev–Trinajstić information content (AvgIpc) is 3.22. The van der Waals surface area contributed by atoms with Gasteiger partial charge in [0.1, 0.15) is 0 Å². The van der Waals surface area contributed by atoms with Gasteiger partial charge in [0.25, 0.3) is 5.91 Å². The summed E-state index contributed by atoms with van der Waals surface area (Å²) < 4.78 is 5.07. The van der Waals surface area contributed by atoms with Crippen LogP contribution in [-0.2, 0) is 9.53 Å². The number of carbonyl (C=O) groups excluding carboxylic acids is 3. The molecule has 3 rings (SSSR count). The van der Waals surface area contributed by atoms with Gasteiger partial charge in [-0.3, -0.25) is 9.59 Å². The number of halogens is 1. The van der Waals surface area contributed by atoms with Crippen LogP contribution < -0.4 is 5.32 Å².